The van der Waals surface area contributed by atoms with Crippen LogP contribution in [0.25, 0.3) is 0 Å². The van der Waals surface area contributed by atoms with E-state index in [9.17, 15) is 0 Å². The van der Waals surface area contributed by atoms with Crippen LogP contribution in [0.3, 0.4) is 0 Å². The standard InChI is InChI=1S/C11H14N2OS/c1-7-6-10(9(3)14-7)8(2)13-5-4-12-11(13)15/h4-6,8H,1-3H3,(H,12,15). The summed E-state index contributed by atoms with van der Waals surface area (Å²) in [5, 5.41) is 0. The first-order valence-corrected chi connectivity index (χ1v) is 5.33. The molecule has 0 aliphatic carbocycles. The lowest BCUT2D eigenvalue weighted by Crippen LogP contribution is -2.05. The quantitative estimate of drug-likeness (QED) is 0.790. The third-order valence-corrected chi connectivity index (χ3v) is 2.95. The Morgan fingerprint density at radius 2 is 2.20 bits per heavy atom. The summed E-state index contributed by atoms with van der Waals surface area (Å²) >= 11 is 5.19. The number of hydrogen-bond acceptors (Lipinski definition) is 2. The highest BCUT2D eigenvalue weighted by molar-refractivity contribution is 7.71. The fourth-order valence-electron chi connectivity index (χ4n) is 1.85. The number of nitrogens with zero attached hydrogens (tertiary/aromatic N) is 1. The van der Waals surface area contributed by atoms with Crippen molar-refractivity contribution >= 4 is 12.2 Å². The summed E-state index contributed by atoms with van der Waals surface area (Å²) in [7, 11) is 0. The molecular weight excluding hydrogens is 208 g/mol. The number of furan rings is 1. The molecule has 0 aromatic carbocycles. The van der Waals surface area contributed by atoms with Crippen molar-refractivity contribution in [1.29, 1.82) is 0 Å². The Morgan fingerprint density at radius 1 is 1.47 bits per heavy atom. The van der Waals surface area contributed by atoms with E-state index in [-0.39, 0.29) is 6.04 Å². The van der Waals surface area contributed by atoms with Crippen molar-refractivity contribution in [1.82, 2.24) is 9.55 Å². The van der Waals surface area contributed by atoms with Gasteiger partial charge in [0, 0.05) is 18.0 Å². The van der Waals surface area contributed by atoms with E-state index in [2.05, 4.69) is 18.0 Å². The summed E-state index contributed by atoms with van der Waals surface area (Å²) in [6, 6.07) is 2.27. The van der Waals surface area contributed by atoms with Crippen LogP contribution in [0.15, 0.2) is 22.9 Å². The largest absolute Gasteiger partial charge is 0.466 e. The van der Waals surface area contributed by atoms with Crippen molar-refractivity contribution < 1.29 is 4.42 Å². The van der Waals surface area contributed by atoms with E-state index in [1.165, 1.54) is 5.56 Å². The second-order valence-electron chi connectivity index (χ2n) is 3.72. The lowest BCUT2D eigenvalue weighted by atomic mass is 10.1. The minimum absolute atomic E-state index is 0.209. The Morgan fingerprint density at radius 3 is 2.67 bits per heavy atom. The van der Waals surface area contributed by atoms with Crippen molar-refractivity contribution in [3.05, 3.63) is 40.3 Å². The molecular formula is C11H14N2OS. The second-order valence-corrected chi connectivity index (χ2v) is 4.10. The molecule has 15 heavy (non-hydrogen) atoms. The van der Waals surface area contributed by atoms with Gasteiger partial charge in [0.05, 0.1) is 6.04 Å². The van der Waals surface area contributed by atoms with Gasteiger partial charge in [0.1, 0.15) is 11.5 Å². The molecule has 0 aliphatic rings. The Hall–Kier alpha value is -1.29. The van der Waals surface area contributed by atoms with E-state index in [1.54, 1.807) is 0 Å². The second kappa shape index (κ2) is 3.70. The van der Waals surface area contributed by atoms with Crippen molar-refractivity contribution in [2.45, 2.75) is 26.8 Å². The molecule has 1 unspecified atom stereocenters. The highest BCUT2D eigenvalue weighted by atomic mass is 32.1. The van der Waals surface area contributed by atoms with E-state index in [0.717, 1.165) is 16.3 Å². The van der Waals surface area contributed by atoms with E-state index >= 15 is 0 Å². The number of imidazole rings is 1. The van der Waals surface area contributed by atoms with Gasteiger partial charge in [0.2, 0.25) is 0 Å². The first-order valence-electron chi connectivity index (χ1n) is 4.92. The monoisotopic (exact) mass is 222 g/mol. The van der Waals surface area contributed by atoms with Gasteiger partial charge >= 0.3 is 0 Å². The maximum absolute atomic E-state index is 5.52. The number of nitrogens with one attached hydrogen (secondary N) is 1. The summed E-state index contributed by atoms with van der Waals surface area (Å²) in [5.41, 5.74) is 1.18. The zero-order valence-electron chi connectivity index (χ0n) is 9.07. The first-order chi connectivity index (χ1) is 7.09. The van der Waals surface area contributed by atoms with Crippen molar-refractivity contribution in [2.24, 2.45) is 0 Å². The topological polar surface area (TPSA) is 33.9 Å². The van der Waals surface area contributed by atoms with Crippen LogP contribution in [0.5, 0.6) is 0 Å². The average Bonchev–Trinajstić information content (AvgIpc) is 2.71. The number of aromatic nitrogens is 2. The third kappa shape index (κ3) is 1.77. The number of H-pyrrole nitrogens is 1. The SMILES string of the molecule is Cc1cc(C(C)n2cc[nH]c2=S)c(C)o1. The molecule has 0 spiro atoms. The molecule has 1 atom stereocenters. The van der Waals surface area contributed by atoms with Gasteiger partial charge in [-0.2, -0.15) is 0 Å². The number of aromatic amines is 1. The van der Waals surface area contributed by atoms with Crippen LogP contribution in [-0.2, 0) is 0 Å². The number of hydrogen-bond donors (Lipinski definition) is 1. The molecule has 80 valence electrons. The van der Waals surface area contributed by atoms with Gasteiger partial charge in [-0.1, -0.05) is 0 Å². The molecule has 3 nitrogen and oxygen atoms in total. The minimum Gasteiger partial charge on any atom is -0.466 e. The zero-order chi connectivity index (χ0) is 11.0. The first kappa shape index (κ1) is 10.2. The van der Waals surface area contributed by atoms with E-state index in [0.29, 0.717) is 0 Å². The smallest absolute Gasteiger partial charge is 0.177 e. The predicted octanol–water partition coefficient (Wildman–Crippen LogP) is 3.36. The van der Waals surface area contributed by atoms with Crippen molar-refractivity contribution in [3.63, 3.8) is 0 Å². The molecule has 0 saturated heterocycles. The molecule has 2 rings (SSSR count). The molecule has 0 fully saturated rings. The average molecular weight is 222 g/mol. The fraction of sp³-hybridized carbons (Fsp3) is 0.364. The maximum Gasteiger partial charge on any atom is 0.177 e. The van der Waals surface area contributed by atoms with E-state index < -0.39 is 0 Å². The summed E-state index contributed by atoms with van der Waals surface area (Å²) in [6.45, 7) is 6.05. The van der Waals surface area contributed by atoms with E-state index in [4.69, 9.17) is 16.6 Å². The van der Waals surface area contributed by atoms with Gasteiger partial charge in [-0.05, 0) is 39.1 Å². The van der Waals surface area contributed by atoms with Crippen LogP contribution in [0.4, 0.5) is 0 Å². The molecule has 0 radical (unpaired) electrons. The normalized spacial score (nSPS) is 13.0. The third-order valence-electron chi connectivity index (χ3n) is 2.62. The van der Waals surface area contributed by atoms with Crippen LogP contribution >= 0.6 is 12.2 Å². The highest BCUT2D eigenvalue weighted by Gasteiger charge is 2.14. The van der Waals surface area contributed by atoms with Gasteiger partial charge in [-0.15, -0.1) is 0 Å². The van der Waals surface area contributed by atoms with Gasteiger partial charge in [0.15, 0.2) is 4.77 Å². The number of aryl methyl sites for hydroxylation is 2. The molecule has 0 saturated carbocycles. The minimum atomic E-state index is 0.209. The highest BCUT2D eigenvalue weighted by Crippen LogP contribution is 2.24. The lowest BCUT2D eigenvalue weighted by molar-refractivity contribution is 0.494. The molecule has 0 amide bonds. The molecule has 0 aliphatic heterocycles. The summed E-state index contributed by atoms with van der Waals surface area (Å²) in [6.07, 6.45) is 3.80. The molecule has 0 bridgehead atoms. The van der Waals surface area contributed by atoms with Crippen LogP contribution in [0, 0.1) is 18.6 Å². The molecule has 4 heteroatoms. The summed E-state index contributed by atoms with van der Waals surface area (Å²) < 4.78 is 8.27. The Balaban J connectivity index is 2.45. The van der Waals surface area contributed by atoms with Crippen LogP contribution in [0.1, 0.15) is 30.0 Å². The zero-order valence-corrected chi connectivity index (χ0v) is 9.89. The van der Waals surface area contributed by atoms with Crippen molar-refractivity contribution in [2.75, 3.05) is 0 Å². The maximum atomic E-state index is 5.52. The van der Waals surface area contributed by atoms with Gasteiger partial charge < -0.3 is 14.0 Å². The molecule has 2 aromatic rings. The molecule has 1 N–H and O–H groups in total. The van der Waals surface area contributed by atoms with Crippen molar-refractivity contribution in [3.8, 4) is 0 Å². The number of rotatable bonds is 2. The fourth-order valence-corrected chi connectivity index (χ4v) is 2.14. The predicted molar refractivity (Wildman–Crippen MR) is 61.6 cm³/mol. The Labute approximate surface area is 93.7 Å². The lowest BCUT2D eigenvalue weighted by Gasteiger charge is -2.11. The van der Waals surface area contributed by atoms with Gasteiger partial charge in [-0.3, -0.25) is 0 Å². The summed E-state index contributed by atoms with van der Waals surface area (Å²) in [4.78, 5) is 2.99. The van der Waals surface area contributed by atoms with E-state index in [1.807, 2.05) is 30.8 Å². The van der Waals surface area contributed by atoms with Crippen LogP contribution < -0.4 is 0 Å². The Bertz CT molecular complexity index is 521. The molecule has 2 aromatic heterocycles. The summed E-state index contributed by atoms with van der Waals surface area (Å²) in [5.74, 6) is 1.90. The Kier molecular flexibility index (Phi) is 2.52. The van der Waals surface area contributed by atoms with Crippen LogP contribution in [0.2, 0.25) is 0 Å². The molecule has 2 heterocycles. The van der Waals surface area contributed by atoms with Gasteiger partial charge in [0.25, 0.3) is 0 Å². The van der Waals surface area contributed by atoms with Gasteiger partial charge in [-0.25, -0.2) is 0 Å². The van der Waals surface area contributed by atoms with Crippen LogP contribution in [-0.4, -0.2) is 9.55 Å².